The number of hydrogen-bond donors (Lipinski definition) is 2. The Morgan fingerprint density at radius 1 is 1.28 bits per heavy atom. The van der Waals surface area contributed by atoms with Gasteiger partial charge in [-0.1, -0.05) is 42.0 Å². The maximum atomic E-state index is 12.6. The Morgan fingerprint density at radius 3 is 2.83 bits per heavy atom. The molecular weight excluding hydrogens is 390 g/mol. The number of carbonyl (C=O) groups is 1. The summed E-state index contributed by atoms with van der Waals surface area (Å²) in [5.74, 6) is -0.681. The number of carboxylic acid groups (broad SMARTS) is 1. The van der Waals surface area contributed by atoms with Gasteiger partial charge in [-0.2, -0.15) is 0 Å². The number of carboxylic acids is 1. The van der Waals surface area contributed by atoms with Crippen molar-refractivity contribution in [3.63, 3.8) is 0 Å². The summed E-state index contributed by atoms with van der Waals surface area (Å²) in [7, 11) is -3.58. The number of nitrogens with one attached hydrogen (secondary N) is 1. The molecule has 7 heteroatoms. The van der Waals surface area contributed by atoms with Crippen LogP contribution in [0.5, 0.6) is 0 Å². The maximum Gasteiger partial charge on any atom is 0.303 e. The van der Waals surface area contributed by atoms with Crippen molar-refractivity contribution in [3.05, 3.63) is 53.0 Å². The van der Waals surface area contributed by atoms with Crippen molar-refractivity contribution in [2.24, 2.45) is 5.92 Å². The lowest BCUT2D eigenvalue weighted by Crippen LogP contribution is -2.46. The monoisotopic (exact) mass is 419 g/mol. The molecule has 2 aliphatic rings. The van der Waals surface area contributed by atoms with Gasteiger partial charge in [-0.25, -0.2) is 13.1 Å². The van der Waals surface area contributed by atoms with Crippen LogP contribution in [0.2, 0.25) is 0 Å². The number of fused-ring (bicyclic) bond motifs is 2. The number of allylic oxidation sites excluding steroid dienone is 2. The molecule has 1 aromatic carbocycles. The molecule has 2 bridgehead atoms. The van der Waals surface area contributed by atoms with Crippen LogP contribution in [0.3, 0.4) is 0 Å². The first kappa shape index (κ1) is 21.7. The van der Waals surface area contributed by atoms with Gasteiger partial charge in [0.1, 0.15) is 0 Å². The first-order chi connectivity index (χ1) is 13.8. The molecule has 0 aliphatic carbocycles. The normalized spacial score (nSPS) is 26.7. The summed E-state index contributed by atoms with van der Waals surface area (Å²) >= 11 is 0. The third-order valence-electron chi connectivity index (χ3n) is 5.54. The second-order valence-corrected chi connectivity index (χ2v) is 9.45. The Bertz CT molecular complexity index is 877. The highest BCUT2D eigenvalue weighted by Crippen LogP contribution is 2.41. The molecule has 2 heterocycles. The first-order valence-corrected chi connectivity index (χ1v) is 11.7. The maximum absolute atomic E-state index is 12.6. The van der Waals surface area contributed by atoms with Crippen LogP contribution in [-0.2, 0) is 19.6 Å². The molecule has 2 saturated heterocycles. The molecule has 1 aromatic rings. The van der Waals surface area contributed by atoms with E-state index in [1.807, 2.05) is 43.3 Å². The zero-order valence-electron chi connectivity index (χ0n) is 16.7. The van der Waals surface area contributed by atoms with Crippen molar-refractivity contribution in [1.82, 2.24) is 4.72 Å². The molecule has 29 heavy (non-hydrogen) atoms. The summed E-state index contributed by atoms with van der Waals surface area (Å²) in [5.41, 5.74) is 1.93. The second-order valence-electron chi connectivity index (χ2n) is 7.85. The molecule has 0 spiro atoms. The molecule has 0 radical (unpaired) electrons. The van der Waals surface area contributed by atoms with Crippen LogP contribution in [0.25, 0.3) is 6.08 Å². The van der Waals surface area contributed by atoms with Gasteiger partial charge in [-0.05, 0) is 50.7 Å². The Balaban J connectivity index is 1.58. The largest absolute Gasteiger partial charge is 0.481 e. The van der Waals surface area contributed by atoms with Crippen LogP contribution in [-0.4, -0.2) is 37.7 Å². The molecule has 6 nitrogen and oxygen atoms in total. The van der Waals surface area contributed by atoms with Crippen LogP contribution in [0.4, 0.5) is 0 Å². The number of hydrogen-bond acceptors (Lipinski definition) is 4. The van der Waals surface area contributed by atoms with Gasteiger partial charge in [0.2, 0.25) is 10.0 Å². The van der Waals surface area contributed by atoms with E-state index in [0.29, 0.717) is 12.8 Å². The number of unbranched alkanes of at least 4 members (excludes halogenated alkanes) is 1. The lowest BCUT2D eigenvalue weighted by Gasteiger charge is -2.27. The van der Waals surface area contributed by atoms with Gasteiger partial charge in [-0.3, -0.25) is 4.79 Å². The van der Waals surface area contributed by atoms with Gasteiger partial charge in [0.25, 0.3) is 0 Å². The summed E-state index contributed by atoms with van der Waals surface area (Å²) in [6, 6.07) is 7.45. The van der Waals surface area contributed by atoms with Gasteiger partial charge >= 0.3 is 5.97 Å². The van der Waals surface area contributed by atoms with Crippen molar-refractivity contribution in [1.29, 1.82) is 0 Å². The van der Waals surface area contributed by atoms with Gasteiger partial charge in [0, 0.05) is 17.7 Å². The lowest BCUT2D eigenvalue weighted by molar-refractivity contribution is -0.137. The fourth-order valence-corrected chi connectivity index (χ4v) is 5.27. The smallest absolute Gasteiger partial charge is 0.303 e. The van der Waals surface area contributed by atoms with E-state index in [4.69, 9.17) is 9.84 Å². The minimum Gasteiger partial charge on any atom is -0.481 e. The molecule has 3 rings (SSSR count). The topological polar surface area (TPSA) is 92.7 Å². The third-order valence-corrected chi connectivity index (χ3v) is 6.64. The van der Waals surface area contributed by atoms with Gasteiger partial charge in [0.15, 0.2) is 0 Å². The highest BCUT2D eigenvalue weighted by molar-refractivity contribution is 7.92. The van der Waals surface area contributed by atoms with Crippen molar-refractivity contribution in [2.75, 3.05) is 0 Å². The van der Waals surface area contributed by atoms with E-state index < -0.39 is 16.0 Å². The van der Waals surface area contributed by atoms with E-state index >= 15 is 0 Å². The van der Waals surface area contributed by atoms with Crippen molar-refractivity contribution < 1.29 is 23.1 Å². The van der Waals surface area contributed by atoms with E-state index in [2.05, 4.69) is 4.72 Å². The number of sulfonamides is 1. The van der Waals surface area contributed by atoms with Gasteiger partial charge in [-0.15, -0.1) is 0 Å². The predicted molar refractivity (Wildman–Crippen MR) is 113 cm³/mol. The predicted octanol–water partition coefficient (Wildman–Crippen LogP) is 3.63. The van der Waals surface area contributed by atoms with E-state index in [1.54, 1.807) is 6.08 Å². The fraction of sp³-hybridized carbons (Fsp3) is 0.500. The Labute approximate surface area is 172 Å². The van der Waals surface area contributed by atoms with E-state index in [-0.39, 0.29) is 30.6 Å². The molecule has 0 amide bonds. The second kappa shape index (κ2) is 9.69. The summed E-state index contributed by atoms with van der Waals surface area (Å²) in [5, 5.41) is 9.90. The van der Waals surface area contributed by atoms with Gasteiger partial charge in [0.05, 0.1) is 18.2 Å². The number of benzene rings is 1. The van der Waals surface area contributed by atoms with Crippen LogP contribution < -0.4 is 4.72 Å². The van der Waals surface area contributed by atoms with Crippen molar-refractivity contribution >= 4 is 22.1 Å². The molecule has 2 N–H and O–H groups in total. The fourth-order valence-electron chi connectivity index (χ4n) is 4.15. The SMILES string of the molecule is Cc1cccc(C=CS(=O)(=O)NC2C3CCC(O3)C2CC=CCCCC(=O)O)c1. The van der Waals surface area contributed by atoms with E-state index in [0.717, 1.165) is 30.4 Å². The molecule has 4 atom stereocenters. The average molecular weight is 420 g/mol. The summed E-state index contributed by atoms with van der Waals surface area (Å²) in [4.78, 5) is 10.6. The zero-order valence-corrected chi connectivity index (χ0v) is 17.5. The zero-order chi connectivity index (χ0) is 20.9. The van der Waals surface area contributed by atoms with Crippen molar-refractivity contribution in [2.45, 2.75) is 63.7 Å². The van der Waals surface area contributed by atoms with Crippen LogP contribution in [0.15, 0.2) is 41.8 Å². The van der Waals surface area contributed by atoms with Crippen LogP contribution >= 0.6 is 0 Å². The van der Waals surface area contributed by atoms with E-state index in [1.165, 1.54) is 5.41 Å². The minimum absolute atomic E-state index is 0.0763. The first-order valence-electron chi connectivity index (χ1n) is 10.1. The minimum atomic E-state index is -3.58. The summed E-state index contributed by atoms with van der Waals surface area (Å²) in [6.07, 6.45) is 9.67. The number of aliphatic carboxylic acids is 1. The number of rotatable bonds is 10. The number of ether oxygens (including phenoxy) is 1. The van der Waals surface area contributed by atoms with Crippen LogP contribution in [0.1, 0.15) is 49.7 Å². The molecular formula is C22H29NO5S. The Kier molecular flexibility index (Phi) is 7.27. The molecule has 2 fully saturated rings. The average Bonchev–Trinajstić information content (AvgIpc) is 3.25. The molecule has 0 saturated carbocycles. The van der Waals surface area contributed by atoms with Crippen molar-refractivity contribution in [3.8, 4) is 0 Å². The Morgan fingerprint density at radius 2 is 2.07 bits per heavy atom. The summed E-state index contributed by atoms with van der Waals surface area (Å²) < 4.78 is 34.0. The van der Waals surface area contributed by atoms with E-state index in [9.17, 15) is 13.2 Å². The standard InChI is InChI=1S/C22H29NO5S/c1-16-7-6-8-17(15-16)13-14-29(26,27)23-22-18(19-11-12-20(22)28-19)9-4-2-3-5-10-21(24)25/h2,4,6-8,13-15,18-20,22-23H,3,5,9-12H2,1H3,(H,24,25). The molecule has 158 valence electrons. The number of aryl methyl sites for hydroxylation is 1. The molecule has 2 aliphatic heterocycles. The highest BCUT2D eigenvalue weighted by atomic mass is 32.2. The third kappa shape index (κ3) is 6.26. The van der Waals surface area contributed by atoms with Crippen LogP contribution in [0, 0.1) is 12.8 Å². The molecule has 4 unspecified atom stereocenters. The van der Waals surface area contributed by atoms with Gasteiger partial charge < -0.3 is 9.84 Å². The summed E-state index contributed by atoms with van der Waals surface area (Å²) in [6.45, 7) is 1.97. The Hall–Kier alpha value is -1.96. The quantitative estimate of drug-likeness (QED) is 0.446. The molecule has 0 aromatic heterocycles. The lowest BCUT2D eigenvalue weighted by atomic mass is 9.83. The highest BCUT2D eigenvalue weighted by Gasteiger charge is 2.49.